The summed E-state index contributed by atoms with van der Waals surface area (Å²) in [4.78, 5) is 0. The molecule has 0 aromatic heterocycles. The molecule has 0 atom stereocenters. The molecule has 0 rings (SSSR count). The van der Waals surface area contributed by atoms with Gasteiger partial charge in [0.2, 0.25) is 7.85 Å². The SMILES string of the molecule is BC#N.[KH]. The number of nitriles is 1. The van der Waals surface area contributed by atoms with Gasteiger partial charge in [-0.2, -0.15) is 0 Å². The van der Waals surface area contributed by atoms with Gasteiger partial charge in [-0.05, 0) is 5.97 Å². The van der Waals surface area contributed by atoms with E-state index in [9.17, 15) is 0 Å². The van der Waals surface area contributed by atoms with Crippen LogP contribution in [0.1, 0.15) is 0 Å². The normalized spacial score (nSPS) is 1.75. The number of nitrogens with zero attached hydrogens (tertiary/aromatic N) is 1. The van der Waals surface area contributed by atoms with Crippen molar-refractivity contribution in [3.05, 3.63) is 0 Å². The van der Waals surface area contributed by atoms with E-state index >= 15 is 0 Å². The molecule has 0 aromatic rings. The third-order valence-electron chi connectivity index (χ3n) is 0. The molecule has 0 amide bonds. The molecule has 0 saturated carbocycles. The molecular formula is CH3BKN. The van der Waals surface area contributed by atoms with Gasteiger partial charge in [-0.15, -0.1) is 0 Å². The summed E-state index contributed by atoms with van der Waals surface area (Å²) in [5.41, 5.74) is 0. The maximum atomic E-state index is 7.32. The van der Waals surface area contributed by atoms with Crippen LogP contribution in [0.2, 0.25) is 0 Å². The second kappa shape index (κ2) is 8.89. The van der Waals surface area contributed by atoms with E-state index in [-0.39, 0.29) is 51.4 Å². The Kier molecular flexibility index (Phi) is 19.9. The second-order valence-electron chi connectivity index (χ2n) is 0.224. The standard InChI is InChI=1S/CH2BN.K.H/c2-1-3;;/h2H2;;. The van der Waals surface area contributed by atoms with Crippen molar-refractivity contribution in [2.45, 2.75) is 0 Å². The van der Waals surface area contributed by atoms with E-state index < -0.39 is 0 Å². The summed E-state index contributed by atoms with van der Waals surface area (Å²) in [6.07, 6.45) is 0. The van der Waals surface area contributed by atoms with Crippen LogP contribution in [0.4, 0.5) is 0 Å². The molecule has 0 aromatic carbocycles. The van der Waals surface area contributed by atoms with E-state index in [0.717, 1.165) is 0 Å². The zero-order valence-electron chi connectivity index (χ0n) is 1.95. The van der Waals surface area contributed by atoms with E-state index in [0.29, 0.717) is 0 Å². The zero-order chi connectivity index (χ0) is 2.71. The van der Waals surface area contributed by atoms with Crippen LogP contribution < -0.4 is 0 Å². The Morgan fingerprint density at radius 3 is 1.75 bits per heavy atom. The minimum atomic E-state index is 0. The van der Waals surface area contributed by atoms with Crippen molar-refractivity contribution in [3.63, 3.8) is 0 Å². The molecule has 1 nitrogen and oxygen atoms in total. The predicted octanol–water partition coefficient (Wildman–Crippen LogP) is -1.55. The van der Waals surface area contributed by atoms with Crippen LogP contribution in [-0.2, 0) is 0 Å². The Balaban J connectivity index is 0. The van der Waals surface area contributed by atoms with Gasteiger partial charge in [-0.1, -0.05) is 0 Å². The molecule has 0 fully saturated rings. The molecule has 0 bridgehead atoms. The molecule has 0 N–H and O–H groups in total. The van der Waals surface area contributed by atoms with Crippen LogP contribution in [0.3, 0.4) is 0 Å². The Morgan fingerprint density at radius 1 is 1.75 bits per heavy atom. The fraction of sp³-hybridized carbons (Fsp3) is 0. The van der Waals surface area contributed by atoms with Gasteiger partial charge in [-0.25, -0.2) is 5.26 Å². The first-order chi connectivity index (χ1) is 1.41. The van der Waals surface area contributed by atoms with Gasteiger partial charge in [0.25, 0.3) is 0 Å². The third-order valence-corrected chi connectivity index (χ3v) is 0. The summed E-state index contributed by atoms with van der Waals surface area (Å²) in [6.45, 7) is 0. The van der Waals surface area contributed by atoms with Gasteiger partial charge in [0, 0.05) is 0 Å². The summed E-state index contributed by atoms with van der Waals surface area (Å²) in [7, 11) is 1.43. The van der Waals surface area contributed by atoms with Crippen molar-refractivity contribution in [1.29, 1.82) is 5.26 Å². The van der Waals surface area contributed by atoms with Gasteiger partial charge in [-0.3, -0.25) is 0 Å². The average molecular weight is 79.0 g/mol. The van der Waals surface area contributed by atoms with Gasteiger partial charge >= 0.3 is 51.4 Å². The molecule has 3 heteroatoms. The molecular weight excluding hydrogens is 75.9 g/mol. The van der Waals surface area contributed by atoms with Gasteiger partial charge in [0.15, 0.2) is 0 Å². The Morgan fingerprint density at radius 2 is 1.75 bits per heavy atom. The van der Waals surface area contributed by atoms with Crippen LogP contribution in [0.15, 0.2) is 0 Å². The third kappa shape index (κ3) is 10.8. The van der Waals surface area contributed by atoms with Gasteiger partial charge < -0.3 is 0 Å². The van der Waals surface area contributed by atoms with Crippen LogP contribution in [-0.4, -0.2) is 59.2 Å². The van der Waals surface area contributed by atoms with E-state index in [1.807, 2.05) is 0 Å². The number of hydrogen-bond donors (Lipinski definition) is 0. The van der Waals surface area contributed by atoms with Crippen LogP contribution in [0.5, 0.6) is 0 Å². The summed E-state index contributed by atoms with van der Waals surface area (Å²) in [5.74, 6) is 1.75. The van der Waals surface area contributed by atoms with Crippen molar-refractivity contribution < 1.29 is 0 Å². The molecule has 0 unspecified atom stereocenters. The van der Waals surface area contributed by atoms with E-state index in [1.54, 1.807) is 5.97 Å². The predicted molar refractivity (Wildman–Crippen MR) is 21.3 cm³/mol. The van der Waals surface area contributed by atoms with Crippen LogP contribution in [0, 0.1) is 11.2 Å². The summed E-state index contributed by atoms with van der Waals surface area (Å²) in [6, 6.07) is 0. The molecule has 0 aliphatic rings. The molecule has 16 valence electrons. The molecule has 0 spiro atoms. The number of hydrogen-bond acceptors (Lipinski definition) is 1. The Hall–Kier alpha value is 1.19. The van der Waals surface area contributed by atoms with Crippen molar-refractivity contribution in [2.75, 3.05) is 0 Å². The molecule has 4 heavy (non-hydrogen) atoms. The molecule has 0 aliphatic heterocycles. The van der Waals surface area contributed by atoms with E-state index in [2.05, 4.69) is 0 Å². The quantitative estimate of drug-likeness (QED) is 0.322. The summed E-state index contributed by atoms with van der Waals surface area (Å²) in [5, 5.41) is 7.32. The van der Waals surface area contributed by atoms with E-state index in [4.69, 9.17) is 5.26 Å². The fourth-order valence-electron chi connectivity index (χ4n) is 0. The van der Waals surface area contributed by atoms with Crippen LogP contribution in [0.25, 0.3) is 0 Å². The van der Waals surface area contributed by atoms with Crippen molar-refractivity contribution in [2.24, 2.45) is 0 Å². The fourth-order valence-corrected chi connectivity index (χ4v) is 0. The zero-order valence-corrected chi connectivity index (χ0v) is 1.95. The second-order valence-corrected chi connectivity index (χ2v) is 0.224. The molecule has 0 saturated heterocycles. The summed E-state index contributed by atoms with van der Waals surface area (Å²) >= 11 is 0. The van der Waals surface area contributed by atoms with Gasteiger partial charge in [0.05, 0.1) is 0 Å². The van der Waals surface area contributed by atoms with Gasteiger partial charge in [0.1, 0.15) is 0 Å². The average Bonchev–Trinajstić information content (AvgIpc) is 0.918. The first-order valence-electron chi connectivity index (χ1n) is 0.724. The van der Waals surface area contributed by atoms with E-state index in [1.165, 1.54) is 7.85 Å². The monoisotopic (exact) mass is 79.0 g/mol. The summed E-state index contributed by atoms with van der Waals surface area (Å²) < 4.78 is 0. The minimum absolute atomic E-state index is 0. The maximum absolute atomic E-state index is 7.32. The Bertz CT molecular complexity index is 29.5. The van der Waals surface area contributed by atoms with Crippen LogP contribution >= 0.6 is 0 Å². The van der Waals surface area contributed by atoms with Crippen molar-refractivity contribution in [1.82, 2.24) is 0 Å². The Labute approximate surface area is 69.2 Å². The molecule has 0 heterocycles. The first kappa shape index (κ1) is 8.95. The molecule has 0 radical (unpaired) electrons. The van der Waals surface area contributed by atoms with Crippen molar-refractivity contribution in [3.8, 4) is 5.97 Å². The number of rotatable bonds is 0. The topological polar surface area (TPSA) is 23.8 Å². The first-order valence-corrected chi connectivity index (χ1v) is 0.724. The van der Waals surface area contributed by atoms with Crippen molar-refractivity contribution >= 4 is 59.2 Å². The molecule has 0 aliphatic carbocycles.